The standard InChI is InChI=1S/C19H17N3O5/c1-2-26-16-8-4-3-7-14(16)21-18(23)12-27-17-10-9-15(22(24)25)13-6-5-11-20-19(13)17/h3-11H,2,12H2,1H3,(H,21,23). The molecule has 0 unspecified atom stereocenters. The minimum absolute atomic E-state index is 0.0689. The van der Waals surface area contributed by atoms with Crippen LogP contribution in [0.5, 0.6) is 11.5 Å². The molecule has 0 aliphatic heterocycles. The van der Waals surface area contributed by atoms with Crippen molar-refractivity contribution in [3.63, 3.8) is 0 Å². The van der Waals surface area contributed by atoms with Gasteiger partial charge in [-0.15, -0.1) is 0 Å². The Morgan fingerprint density at radius 3 is 2.70 bits per heavy atom. The van der Waals surface area contributed by atoms with Crippen molar-refractivity contribution in [2.24, 2.45) is 0 Å². The zero-order valence-corrected chi connectivity index (χ0v) is 14.5. The van der Waals surface area contributed by atoms with Crippen LogP contribution in [0.1, 0.15) is 6.92 Å². The van der Waals surface area contributed by atoms with E-state index in [0.717, 1.165) is 0 Å². The van der Waals surface area contributed by atoms with Gasteiger partial charge in [0, 0.05) is 12.3 Å². The summed E-state index contributed by atoms with van der Waals surface area (Å²) in [5, 5.41) is 14.2. The molecule has 0 aliphatic rings. The summed E-state index contributed by atoms with van der Waals surface area (Å²) < 4.78 is 11.0. The van der Waals surface area contributed by atoms with Crippen LogP contribution in [0.3, 0.4) is 0 Å². The lowest BCUT2D eigenvalue weighted by atomic mass is 10.1. The number of carbonyl (C=O) groups excluding carboxylic acids is 1. The number of nitro benzene ring substituents is 1. The molecule has 1 aromatic heterocycles. The number of aromatic nitrogens is 1. The van der Waals surface area contributed by atoms with Crippen LogP contribution < -0.4 is 14.8 Å². The molecule has 0 aliphatic carbocycles. The Bertz CT molecular complexity index is 990. The lowest BCUT2D eigenvalue weighted by Gasteiger charge is -2.12. The van der Waals surface area contributed by atoms with E-state index in [0.29, 0.717) is 34.7 Å². The number of ether oxygens (including phenoxy) is 2. The van der Waals surface area contributed by atoms with Gasteiger partial charge in [-0.2, -0.15) is 0 Å². The van der Waals surface area contributed by atoms with Crippen LogP contribution in [-0.2, 0) is 4.79 Å². The van der Waals surface area contributed by atoms with Crippen molar-refractivity contribution in [2.45, 2.75) is 6.92 Å². The fourth-order valence-electron chi connectivity index (χ4n) is 2.59. The third-order valence-electron chi connectivity index (χ3n) is 3.73. The Kier molecular flexibility index (Phi) is 5.46. The van der Waals surface area contributed by atoms with Crippen LogP contribution in [0.2, 0.25) is 0 Å². The molecule has 0 atom stereocenters. The van der Waals surface area contributed by atoms with E-state index in [2.05, 4.69) is 10.3 Å². The zero-order valence-electron chi connectivity index (χ0n) is 14.5. The highest BCUT2D eigenvalue weighted by Crippen LogP contribution is 2.31. The summed E-state index contributed by atoms with van der Waals surface area (Å²) in [6.07, 6.45) is 1.51. The number of benzene rings is 2. The van der Waals surface area contributed by atoms with E-state index in [1.54, 1.807) is 30.3 Å². The Hall–Kier alpha value is -3.68. The number of nitrogens with zero attached hydrogens (tertiary/aromatic N) is 2. The molecule has 0 saturated carbocycles. The van der Waals surface area contributed by atoms with Gasteiger partial charge in [-0.1, -0.05) is 12.1 Å². The van der Waals surface area contributed by atoms with Crippen molar-refractivity contribution in [1.82, 2.24) is 4.98 Å². The largest absolute Gasteiger partial charge is 0.492 e. The molecule has 1 heterocycles. The van der Waals surface area contributed by atoms with Crippen molar-refractivity contribution in [2.75, 3.05) is 18.5 Å². The van der Waals surface area contributed by atoms with Crippen LogP contribution in [0.25, 0.3) is 10.9 Å². The molecule has 138 valence electrons. The fourth-order valence-corrected chi connectivity index (χ4v) is 2.59. The first kappa shape index (κ1) is 18.1. The van der Waals surface area contributed by atoms with Crippen LogP contribution >= 0.6 is 0 Å². The molecule has 0 radical (unpaired) electrons. The van der Waals surface area contributed by atoms with Crippen molar-refractivity contribution in [3.05, 3.63) is 64.8 Å². The summed E-state index contributed by atoms with van der Waals surface area (Å²) in [5.41, 5.74) is 0.800. The number of non-ortho nitro benzene ring substituents is 1. The molecule has 0 saturated heterocycles. The predicted molar refractivity (Wildman–Crippen MR) is 100 cm³/mol. The molecule has 0 fully saturated rings. The molecule has 1 amide bonds. The van der Waals surface area contributed by atoms with E-state index in [1.807, 2.05) is 13.0 Å². The maximum Gasteiger partial charge on any atom is 0.279 e. The second-order valence-corrected chi connectivity index (χ2v) is 5.51. The molecule has 8 heteroatoms. The molecular formula is C19H17N3O5. The van der Waals surface area contributed by atoms with E-state index in [4.69, 9.17) is 9.47 Å². The van der Waals surface area contributed by atoms with E-state index < -0.39 is 4.92 Å². The smallest absolute Gasteiger partial charge is 0.279 e. The number of amides is 1. The van der Waals surface area contributed by atoms with Gasteiger partial charge in [0.1, 0.15) is 17.0 Å². The minimum atomic E-state index is -0.481. The highest BCUT2D eigenvalue weighted by Gasteiger charge is 2.16. The van der Waals surface area contributed by atoms with Gasteiger partial charge >= 0.3 is 0 Å². The van der Waals surface area contributed by atoms with Gasteiger partial charge in [-0.25, -0.2) is 0 Å². The van der Waals surface area contributed by atoms with Crippen molar-refractivity contribution in [3.8, 4) is 11.5 Å². The van der Waals surface area contributed by atoms with Gasteiger partial charge in [-0.05, 0) is 37.3 Å². The number of anilines is 1. The van der Waals surface area contributed by atoms with Gasteiger partial charge < -0.3 is 14.8 Å². The van der Waals surface area contributed by atoms with Crippen LogP contribution in [0.15, 0.2) is 54.7 Å². The predicted octanol–water partition coefficient (Wildman–Crippen LogP) is 3.56. The molecule has 3 aromatic rings. The van der Waals surface area contributed by atoms with Gasteiger partial charge in [0.15, 0.2) is 6.61 Å². The average molecular weight is 367 g/mol. The number of hydrogen-bond donors (Lipinski definition) is 1. The maximum atomic E-state index is 12.2. The SMILES string of the molecule is CCOc1ccccc1NC(=O)COc1ccc([N+](=O)[O-])c2cccnc12. The van der Waals surface area contributed by atoms with Gasteiger partial charge in [0.05, 0.1) is 22.6 Å². The summed E-state index contributed by atoms with van der Waals surface area (Å²) in [4.78, 5) is 27.0. The van der Waals surface area contributed by atoms with Gasteiger partial charge in [0.2, 0.25) is 0 Å². The number of nitro groups is 1. The summed E-state index contributed by atoms with van der Waals surface area (Å²) in [6.45, 7) is 2.06. The molecule has 27 heavy (non-hydrogen) atoms. The van der Waals surface area contributed by atoms with E-state index in [-0.39, 0.29) is 18.2 Å². The van der Waals surface area contributed by atoms with E-state index in [9.17, 15) is 14.9 Å². The molecule has 2 aromatic carbocycles. The van der Waals surface area contributed by atoms with Crippen LogP contribution in [-0.4, -0.2) is 29.0 Å². The number of hydrogen-bond acceptors (Lipinski definition) is 6. The minimum Gasteiger partial charge on any atom is -0.492 e. The van der Waals surface area contributed by atoms with Gasteiger partial charge in [0.25, 0.3) is 11.6 Å². The summed E-state index contributed by atoms with van der Waals surface area (Å²) in [6, 6.07) is 13.1. The average Bonchev–Trinajstić information content (AvgIpc) is 2.67. The summed E-state index contributed by atoms with van der Waals surface area (Å²) in [7, 11) is 0. The van der Waals surface area contributed by atoms with Crippen molar-refractivity contribution < 1.29 is 19.2 Å². The molecule has 0 spiro atoms. The van der Waals surface area contributed by atoms with E-state index in [1.165, 1.54) is 18.3 Å². The maximum absolute atomic E-state index is 12.2. The Labute approximate surface area is 154 Å². The molecule has 3 rings (SSSR count). The van der Waals surface area contributed by atoms with E-state index >= 15 is 0 Å². The number of para-hydroxylation sites is 2. The van der Waals surface area contributed by atoms with Gasteiger partial charge in [-0.3, -0.25) is 19.9 Å². The second-order valence-electron chi connectivity index (χ2n) is 5.51. The number of rotatable bonds is 7. The third kappa shape index (κ3) is 4.12. The number of carbonyl (C=O) groups is 1. The highest BCUT2D eigenvalue weighted by atomic mass is 16.6. The molecule has 1 N–H and O–H groups in total. The number of pyridine rings is 1. The fraction of sp³-hybridized carbons (Fsp3) is 0.158. The summed E-state index contributed by atoms with van der Waals surface area (Å²) in [5.74, 6) is 0.477. The van der Waals surface area contributed by atoms with Crippen molar-refractivity contribution in [1.29, 1.82) is 0 Å². The first-order valence-corrected chi connectivity index (χ1v) is 8.26. The summed E-state index contributed by atoms with van der Waals surface area (Å²) >= 11 is 0. The lowest BCUT2D eigenvalue weighted by molar-refractivity contribution is -0.383. The Morgan fingerprint density at radius 1 is 1.11 bits per heavy atom. The zero-order chi connectivity index (χ0) is 19.2. The molecule has 0 bridgehead atoms. The number of fused-ring (bicyclic) bond motifs is 1. The quantitative estimate of drug-likeness (QED) is 0.506. The molecule has 8 nitrogen and oxygen atoms in total. The lowest BCUT2D eigenvalue weighted by Crippen LogP contribution is -2.20. The first-order valence-electron chi connectivity index (χ1n) is 8.26. The normalized spacial score (nSPS) is 10.4. The second kappa shape index (κ2) is 8.13. The topological polar surface area (TPSA) is 104 Å². The Balaban J connectivity index is 1.75. The van der Waals surface area contributed by atoms with Crippen LogP contribution in [0.4, 0.5) is 11.4 Å². The monoisotopic (exact) mass is 367 g/mol. The molecular weight excluding hydrogens is 350 g/mol. The number of nitrogens with one attached hydrogen (secondary N) is 1. The Morgan fingerprint density at radius 2 is 1.93 bits per heavy atom. The van der Waals surface area contributed by atoms with Crippen LogP contribution in [0, 0.1) is 10.1 Å². The van der Waals surface area contributed by atoms with Crippen molar-refractivity contribution >= 4 is 28.2 Å². The first-order chi connectivity index (χ1) is 13.1. The third-order valence-corrected chi connectivity index (χ3v) is 3.73. The highest BCUT2D eigenvalue weighted by molar-refractivity contribution is 5.95.